The SMILES string of the molecule is CSC1(CNC(C)CCc2ccccc2)CCCCC1. The monoisotopic (exact) mass is 291 g/mol. The Morgan fingerprint density at radius 1 is 1.15 bits per heavy atom. The molecule has 1 fully saturated rings. The summed E-state index contributed by atoms with van der Waals surface area (Å²) in [7, 11) is 0. The third-order valence-electron chi connectivity index (χ3n) is 4.68. The Morgan fingerprint density at radius 2 is 1.85 bits per heavy atom. The van der Waals surface area contributed by atoms with Crippen LogP contribution in [0.25, 0.3) is 0 Å². The van der Waals surface area contributed by atoms with Gasteiger partial charge in [0.1, 0.15) is 0 Å². The van der Waals surface area contributed by atoms with Gasteiger partial charge in [0.2, 0.25) is 0 Å². The number of hydrogen-bond acceptors (Lipinski definition) is 2. The van der Waals surface area contributed by atoms with Crippen LogP contribution in [0.3, 0.4) is 0 Å². The summed E-state index contributed by atoms with van der Waals surface area (Å²) >= 11 is 2.09. The molecule has 2 heteroatoms. The van der Waals surface area contributed by atoms with Crippen LogP contribution in [-0.2, 0) is 6.42 Å². The van der Waals surface area contributed by atoms with Crippen LogP contribution in [0.15, 0.2) is 30.3 Å². The molecule has 0 heterocycles. The summed E-state index contributed by atoms with van der Waals surface area (Å²) in [6.07, 6.45) is 11.8. The summed E-state index contributed by atoms with van der Waals surface area (Å²) in [6.45, 7) is 3.52. The number of benzene rings is 1. The van der Waals surface area contributed by atoms with Gasteiger partial charge < -0.3 is 5.32 Å². The Kier molecular flexibility index (Phi) is 6.44. The normalized spacial score (nSPS) is 19.7. The minimum absolute atomic E-state index is 0.513. The van der Waals surface area contributed by atoms with E-state index < -0.39 is 0 Å². The molecule has 1 N–H and O–H groups in total. The van der Waals surface area contributed by atoms with E-state index in [-0.39, 0.29) is 0 Å². The zero-order valence-corrected chi connectivity index (χ0v) is 13.8. The highest BCUT2D eigenvalue weighted by atomic mass is 32.2. The molecule has 2 rings (SSSR count). The standard InChI is InChI=1S/C18H29NS/c1-16(11-12-17-9-5-3-6-10-17)19-15-18(20-2)13-7-4-8-14-18/h3,5-6,9-10,16,19H,4,7-8,11-15H2,1-2H3. The minimum atomic E-state index is 0.513. The fourth-order valence-corrected chi connectivity index (χ4v) is 4.06. The maximum Gasteiger partial charge on any atom is 0.0281 e. The summed E-state index contributed by atoms with van der Waals surface area (Å²) < 4.78 is 0.513. The van der Waals surface area contributed by atoms with Gasteiger partial charge in [-0.2, -0.15) is 11.8 Å². The summed E-state index contributed by atoms with van der Waals surface area (Å²) in [6, 6.07) is 11.4. The molecule has 0 amide bonds. The van der Waals surface area contributed by atoms with Crippen LogP contribution in [-0.4, -0.2) is 23.6 Å². The average molecular weight is 292 g/mol. The van der Waals surface area contributed by atoms with Crippen LogP contribution >= 0.6 is 11.8 Å². The molecule has 0 aliphatic heterocycles. The zero-order chi connectivity index (χ0) is 14.3. The quantitative estimate of drug-likeness (QED) is 0.784. The van der Waals surface area contributed by atoms with Crippen molar-refractivity contribution in [3.05, 3.63) is 35.9 Å². The lowest BCUT2D eigenvalue weighted by atomic mass is 9.88. The summed E-state index contributed by atoms with van der Waals surface area (Å²) in [4.78, 5) is 0. The molecule has 1 aromatic carbocycles. The molecule has 112 valence electrons. The van der Waals surface area contributed by atoms with Crippen molar-refractivity contribution in [2.45, 2.75) is 62.7 Å². The smallest absolute Gasteiger partial charge is 0.0281 e. The Bertz CT molecular complexity index is 370. The first-order valence-corrected chi connectivity index (χ1v) is 9.29. The van der Waals surface area contributed by atoms with Gasteiger partial charge in [0.05, 0.1) is 0 Å². The number of aryl methyl sites for hydroxylation is 1. The van der Waals surface area contributed by atoms with E-state index in [1.165, 1.54) is 57.1 Å². The van der Waals surface area contributed by atoms with Crippen molar-refractivity contribution in [2.75, 3.05) is 12.8 Å². The van der Waals surface area contributed by atoms with Gasteiger partial charge in [0, 0.05) is 17.3 Å². The summed E-state index contributed by atoms with van der Waals surface area (Å²) in [5, 5.41) is 3.79. The molecule has 20 heavy (non-hydrogen) atoms. The molecule has 0 saturated heterocycles. The molecule has 1 nitrogen and oxygen atoms in total. The van der Waals surface area contributed by atoms with E-state index in [9.17, 15) is 0 Å². The van der Waals surface area contributed by atoms with E-state index in [1.807, 2.05) is 0 Å². The fraction of sp³-hybridized carbons (Fsp3) is 0.667. The average Bonchev–Trinajstić information content (AvgIpc) is 2.53. The van der Waals surface area contributed by atoms with Crippen molar-refractivity contribution >= 4 is 11.8 Å². The number of nitrogens with one attached hydrogen (secondary N) is 1. The van der Waals surface area contributed by atoms with E-state index in [1.54, 1.807) is 0 Å². The third kappa shape index (κ3) is 4.82. The molecular formula is C18H29NS. The molecule has 1 aliphatic rings. The van der Waals surface area contributed by atoms with E-state index in [4.69, 9.17) is 0 Å². The minimum Gasteiger partial charge on any atom is -0.313 e. The predicted molar refractivity (Wildman–Crippen MR) is 91.6 cm³/mol. The van der Waals surface area contributed by atoms with Gasteiger partial charge in [-0.25, -0.2) is 0 Å². The molecule has 0 bridgehead atoms. The van der Waals surface area contributed by atoms with Crippen molar-refractivity contribution in [3.63, 3.8) is 0 Å². The molecule has 0 spiro atoms. The van der Waals surface area contributed by atoms with Crippen LogP contribution < -0.4 is 5.32 Å². The van der Waals surface area contributed by atoms with Crippen molar-refractivity contribution in [2.24, 2.45) is 0 Å². The third-order valence-corrected chi connectivity index (χ3v) is 6.10. The summed E-state index contributed by atoms with van der Waals surface area (Å²) in [5.74, 6) is 0. The van der Waals surface area contributed by atoms with Crippen LogP contribution in [0, 0.1) is 0 Å². The van der Waals surface area contributed by atoms with Gasteiger partial charge in [-0.15, -0.1) is 0 Å². The number of rotatable bonds is 7. The highest BCUT2D eigenvalue weighted by Crippen LogP contribution is 2.38. The zero-order valence-electron chi connectivity index (χ0n) is 13.0. The first-order valence-electron chi connectivity index (χ1n) is 8.07. The number of thioether (sulfide) groups is 1. The second kappa shape index (κ2) is 8.09. The summed E-state index contributed by atoms with van der Waals surface area (Å²) in [5.41, 5.74) is 1.46. The highest BCUT2D eigenvalue weighted by Gasteiger charge is 2.30. The van der Waals surface area contributed by atoms with Crippen molar-refractivity contribution < 1.29 is 0 Å². The number of hydrogen-bond donors (Lipinski definition) is 1. The van der Waals surface area contributed by atoms with E-state index in [2.05, 4.69) is 60.6 Å². The van der Waals surface area contributed by atoms with Crippen molar-refractivity contribution in [3.8, 4) is 0 Å². The molecular weight excluding hydrogens is 262 g/mol. The van der Waals surface area contributed by atoms with Crippen LogP contribution in [0.2, 0.25) is 0 Å². The second-order valence-corrected chi connectivity index (χ2v) is 7.53. The molecule has 1 saturated carbocycles. The van der Waals surface area contributed by atoms with Crippen LogP contribution in [0.1, 0.15) is 51.0 Å². The lowest BCUT2D eigenvalue weighted by Gasteiger charge is -2.37. The first kappa shape index (κ1) is 15.9. The van der Waals surface area contributed by atoms with Crippen LogP contribution in [0.4, 0.5) is 0 Å². The van der Waals surface area contributed by atoms with Gasteiger partial charge in [0.15, 0.2) is 0 Å². The largest absolute Gasteiger partial charge is 0.313 e. The molecule has 1 unspecified atom stereocenters. The molecule has 1 aromatic rings. The highest BCUT2D eigenvalue weighted by molar-refractivity contribution is 8.00. The second-order valence-electron chi connectivity index (χ2n) is 6.25. The van der Waals surface area contributed by atoms with Gasteiger partial charge >= 0.3 is 0 Å². The molecule has 1 atom stereocenters. The van der Waals surface area contributed by atoms with E-state index >= 15 is 0 Å². The predicted octanol–water partition coefficient (Wildman–Crippen LogP) is 4.66. The van der Waals surface area contributed by atoms with Gasteiger partial charge in [-0.3, -0.25) is 0 Å². The lowest BCUT2D eigenvalue weighted by molar-refractivity contribution is 0.361. The van der Waals surface area contributed by atoms with Crippen molar-refractivity contribution in [1.82, 2.24) is 5.32 Å². The van der Waals surface area contributed by atoms with Gasteiger partial charge in [0.25, 0.3) is 0 Å². The first-order chi connectivity index (χ1) is 9.74. The van der Waals surface area contributed by atoms with E-state index in [0.717, 1.165) is 0 Å². The Labute approximate surface area is 128 Å². The molecule has 0 radical (unpaired) electrons. The maximum atomic E-state index is 3.79. The Balaban J connectivity index is 1.72. The van der Waals surface area contributed by atoms with E-state index in [0.29, 0.717) is 10.8 Å². The Morgan fingerprint density at radius 3 is 2.50 bits per heavy atom. The maximum absolute atomic E-state index is 3.79. The van der Waals surface area contributed by atoms with Crippen molar-refractivity contribution in [1.29, 1.82) is 0 Å². The lowest BCUT2D eigenvalue weighted by Crippen LogP contribution is -2.42. The molecule has 0 aromatic heterocycles. The Hall–Kier alpha value is -0.470. The topological polar surface area (TPSA) is 12.0 Å². The van der Waals surface area contributed by atoms with Gasteiger partial charge in [-0.05, 0) is 44.4 Å². The van der Waals surface area contributed by atoms with Gasteiger partial charge in [-0.1, -0.05) is 49.6 Å². The molecule has 1 aliphatic carbocycles. The fourth-order valence-electron chi connectivity index (χ4n) is 3.14. The van der Waals surface area contributed by atoms with Crippen LogP contribution in [0.5, 0.6) is 0 Å².